The highest BCUT2D eigenvalue weighted by Crippen LogP contribution is 2.36. The number of nitrogens with one attached hydrogen (secondary N) is 1. The standard InChI is InChI=1S/C15H22FNO/c1-11(10-18)17-15(12-6-2-3-7-12)13-8-4-5-9-14(13)16/h4-5,8-9,11-12,15,17-18H,2-3,6-7,10H2,1H3/t11-,15?/m1/s1. The fraction of sp³-hybridized carbons (Fsp3) is 0.600. The van der Waals surface area contributed by atoms with Crippen molar-refractivity contribution in [3.05, 3.63) is 35.6 Å². The Hall–Kier alpha value is -0.930. The molecule has 1 aromatic carbocycles. The van der Waals surface area contributed by atoms with Gasteiger partial charge in [-0.15, -0.1) is 0 Å². The highest BCUT2D eigenvalue weighted by molar-refractivity contribution is 5.22. The zero-order chi connectivity index (χ0) is 13.0. The number of hydrogen-bond donors (Lipinski definition) is 2. The molecule has 0 aliphatic heterocycles. The maximum Gasteiger partial charge on any atom is 0.127 e. The third-order valence-corrected chi connectivity index (χ3v) is 3.85. The minimum Gasteiger partial charge on any atom is -0.395 e. The van der Waals surface area contributed by atoms with Gasteiger partial charge in [-0.05, 0) is 31.7 Å². The lowest BCUT2D eigenvalue weighted by Crippen LogP contribution is -2.37. The molecule has 2 nitrogen and oxygen atoms in total. The molecule has 2 N–H and O–H groups in total. The molecule has 0 amide bonds. The van der Waals surface area contributed by atoms with Crippen molar-refractivity contribution in [3.8, 4) is 0 Å². The molecular weight excluding hydrogens is 229 g/mol. The molecule has 0 aromatic heterocycles. The number of aliphatic hydroxyl groups is 1. The molecule has 0 saturated heterocycles. The molecule has 0 spiro atoms. The van der Waals surface area contributed by atoms with Gasteiger partial charge in [0.15, 0.2) is 0 Å². The van der Waals surface area contributed by atoms with E-state index in [0.717, 1.165) is 18.4 Å². The average molecular weight is 251 g/mol. The van der Waals surface area contributed by atoms with E-state index in [1.165, 1.54) is 18.9 Å². The molecule has 1 aromatic rings. The highest BCUT2D eigenvalue weighted by atomic mass is 19.1. The first-order valence-corrected chi connectivity index (χ1v) is 6.83. The highest BCUT2D eigenvalue weighted by Gasteiger charge is 2.28. The van der Waals surface area contributed by atoms with Crippen molar-refractivity contribution >= 4 is 0 Å². The average Bonchev–Trinajstić information content (AvgIpc) is 2.90. The Morgan fingerprint density at radius 3 is 2.61 bits per heavy atom. The Morgan fingerprint density at radius 1 is 1.33 bits per heavy atom. The van der Waals surface area contributed by atoms with Crippen LogP contribution in [0.25, 0.3) is 0 Å². The van der Waals surface area contributed by atoms with Gasteiger partial charge in [-0.2, -0.15) is 0 Å². The van der Waals surface area contributed by atoms with E-state index in [1.54, 1.807) is 6.07 Å². The van der Waals surface area contributed by atoms with Gasteiger partial charge in [-0.25, -0.2) is 4.39 Å². The molecule has 0 heterocycles. The van der Waals surface area contributed by atoms with Gasteiger partial charge in [0.2, 0.25) is 0 Å². The third kappa shape index (κ3) is 3.09. The largest absolute Gasteiger partial charge is 0.395 e. The Kier molecular flexibility index (Phi) is 4.72. The van der Waals surface area contributed by atoms with E-state index in [2.05, 4.69) is 5.32 Å². The summed E-state index contributed by atoms with van der Waals surface area (Å²) in [6.07, 6.45) is 4.74. The molecule has 18 heavy (non-hydrogen) atoms. The zero-order valence-corrected chi connectivity index (χ0v) is 10.9. The first-order valence-electron chi connectivity index (χ1n) is 6.83. The fourth-order valence-corrected chi connectivity index (χ4v) is 2.86. The van der Waals surface area contributed by atoms with Crippen molar-refractivity contribution in [2.45, 2.75) is 44.7 Å². The normalized spacial score (nSPS) is 19.9. The predicted molar refractivity (Wildman–Crippen MR) is 70.8 cm³/mol. The lowest BCUT2D eigenvalue weighted by atomic mass is 9.90. The van der Waals surface area contributed by atoms with E-state index in [1.807, 2.05) is 19.1 Å². The summed E-state index contributed by atoms with van der Waals surface area (Å²) in [5.41, 5.74) is 0.740. The minimum atomic E-state index is -0.146. The second-order valence-corrected chi connectivity index (χ2v) is 5.29. The lowest BCUT2D eigenvalue weighted by Gasteiger charge is -2.28. The molecule has 1 aliphatic rings. The Balaban J connectivity index is 2.20. The molecule has 0 radical (unpaired) electrons. The first kappa shape index (κ1) is 13.5. The zero-order valence-electron chi connectivity index (χ0n) is 10.9. The topological polar surface area (TPSA) is 32.3 Å². The van der Waals surface area contributed by atoms with E-state index < -0.39 is 0 Å². The molecule has 3 heteroatoms. The summed E-state index contributed by atoms with van der Waals surface area (Å²) >= 11 is 0. The van der Waals surface area contributed by atoms with Crippen LogP contribution in [-0.4, -0.2) is 17.8 Å². The van der Waals surface area contributed by atoms with Gasteiger partial charge in [0.05, 0.1) is 6.61 Å². The molecule has 2 atom stereocenters. The number of halogens is 1. The van der Waals surface area contributed by atoms with E-state index >= 15 is 0 Å². The van der Waals surface area contributed by atoms with Crippen LogP contribution in [0.1, 0.15) is 44.2 Å². The van der Waals surface area contributed by atoms with Crippen LogP contribution in [0.4, 0.5) is 4.39 Å². The molecule has 1 fully saturated rings. The van der Waals surface area contributed by atoms with Crippen molar-refractivity contribution in [2.24, 2.45) is 5.92 Å². The summed E-state index contributed by atoms with van der Waals surface area (Å²) in [4.78, 5) is 0. The van der Waals surface area contributed by atoms with Crippen LogP contribution in [-0.2, 0) is 0 Å². The van der Waals surface area contributed by atoms with E-state index in [0.29, 0.717) is 5.92 Å². The molecule has 1 aliphatic carbocycles. The third-order valence-electron chi connectivity index (χ3n) is 3.85. The van der Waals surface area contributed by atoms with Crippen LogP contribution in [0.15, 0.2) is 24.3 Å². The second-order valence-electron chi connectivity index (χ2n) is 5.29. The Morgan fingerprint density at radius 2 is 2.00 bits per heavy atom. The summed E-state index contributed by atoms with van der Waals surface area (Å²) in [5.74, 6) is 0.336. The lowest BCUT2D eigenvalue weighted by molar-refractivity contribution is 0.222. The van der Waals surface area contributed by atoms with Gasteiger partial charge in [0.25, 0.3) is 0 Å². The smallest absolute Gasteiger partial charge is 0.127 e. The van der Waals surface area contributed by atoms with Crippen molar-refractivity contribution < 1.29 is 9.50 Å². The SMILES string of the molecule is C[C@H](CO)NC(c1ccccc1F)C1CCCC1. The predicted octanol–water partition coefficient (Wildman–Crippen LogP) is 3.03. The summed E-state index contributed by atoms with van der Waals surface area (Å²) in [6, 6.07) is 7.00. The van der Waals surface area contributed by atoms with Crippen molar-refractivity contribution in [1.82, 2.24) is 5.32 Å². The number of aliphatic hydroxyl groups excluding tert-OH is 1. The maximum atomic E-state index is 13.9. The van der Waals surface area contributed by atoms with Gasteiger partial charge in [-0.1, -0.05) is 31.0 Å². The van der Waals surface area contributed by atoms with Gasteiger partial charge in [0, 0.05) is 17.6 Å². The van der Waals surface area contributed by atoms with Gasteiger partial charge in [0.1, 0.15) is 5.82 Å². The molecular formula is C15H22FNO. The van der Waals surface area contributed by atoms with E-state index in [9.17, 15) is 9.50 Å². The summed E-state index contributed by atoms with van der Waals surface area (Å²) < 4.78 is 13.9. The van der Waals surface area contributed by atoms with Crippen molar-refractivity contribution in [1.29, 1.82) is 0 Å². The van der Waals surface area contributed by atoms with E-state index in [4.69, 9.17) is 0 Å². The first-order chi connectivity index (χ1) is 8.72. The second kappa shape index (κ2) is 6.30. The van der Waals surface area contributed by atoms with Crippen molar-refractivity contribution in [3.63, 3.8) is 0 Å². The summed E-state index contributed by atoms with van der Waals surface area (Å²) in [6.45, 7) is 2.01. The van der Waals surface area contributed by atoms with Crippen LogP contribution in [0, 0.1) is 11.7 Å². The van der Waals surface area contributed by atoms with Crippen LogP contribution in [0.5, 0.6) is 0 Å². The Labute approximate surface area is 108 Å². The molecule has 1 unspecified atom stereocenters. The summed E-state index contributed by atoms with van der Waals surface area (Å²) in [5, 5.41) is 12.6. The number of rotatable bonds is 5. The molecule has 2 rings (SSSR count). The van der Waals surface area contributed by atoms with Gasteiger partial charge < -0.3 is 10.4 Å². The quantitative estimate of drug-likeness (QED) is 0.843. The minimum absolute atomic E-state index is 0.00444. The molecule has 1 saturated carbocycles. The van der Waals surface area contributed by atoms with Gasteiger partial charge >= 0.3 is 0 Å². The van der Waals surface area contributed by atoms with Crippen molar-refractivity contribution in [2.75, 3.05) is 6.61 Å². The monoisotopic (exact) mass is 251 g/mol. The fourth-order valence-electron chi connectivity index (χ4n) is 2.86. The Bertz CT molecular complexity index is 377. The number of benzene rings is 1. The van der Waals surface area contributed by atoms with Crippen LogP contribution >= 0.6 is 0 Å². The maximum absolute atomic E-state index is 13.9. The molecule has 0 bridgehead atoms. The summed E-state index contributed by atoms with van der Waals surface area (Å²) in [7, 11) is 0. The van der Waals surface area contributed by atoms with Gasteiger partial charge in [-0.3, -0.25) is 0 Å². The number of hydrogen-bond acceptors (Lipinski definition) is 2. The van der Waals surface area contributed by atoms with Crippen LogP contribution < -0.4 is 5.32 Å². The van der Waals surface area contributed by atoms with E-state index in [-0.39, 0.29) is 24.5 Å². The molecule has 100 valence electrons. The van der Waals surface area contributed by atoms with Crippen LogP contribution in [0.2, 0.25) is 0 Å². The van der Waals surface area contributed by atoms with Crippen LogP contribution in [0.3, 0.4) is 0 Å².